The highest BCUT2D eigenvalue weighted by Crippen LogP contribution is 2.34. The van der Waals surface area contributed by atoms with E-state index in [0.717, 1.165) is 24.3 Å². The van der Waals surface area contributed by atoms with Crippen molar-refractivity contribution in [2.75, 3.05) is 0 Å². The highest BCUT2D eigenvalue weighted by molar-refractivity contribution is 5.81. The summed E-state index contributed by atoms with van der Waals surface area (Å²) in [5, 5.41) is 9.13. The van der Waals surface area contributed by atoms with Gasteiger partial charge in [-0.2, -0.15) is 5.26 Å². The Morgan fingerprint density at radius 3 is 2.55 bits per heavy atom. The van der Waals surface area contributed by atoms with Gasteiger partial charge in [-0.1, -0.05) is 33.3 Å². The molecule has 1 aliphatic carbocycles. The molecule has 118 valence electrons. The fourth-order valence-electron chi connectivity index (χ4n) is 3.42. The molecule has 0 atom stereocenters. The van der Waals surface area contributed by atoms with Gasteiger partial charge in [-0.15, -0.1) is 0 Å². The number of nitrogens with one attached hydrogen (secondary N) is 1. The number of H-pyrrole nitrogens is 1. The summed E-state index contributed by atoms with van der Waals surface area (Å²) in [6.45, 7) is 6.24. The Morgan fingerprint density at radius 1 is 1.27 bits per heavy atom. The number of rotatable bonds is 2. The number of nitriles is 1. The molecule has 0 spiro atoms. The van der Waals surface area contributed by atoms with Gasteiger partial charge >= 0.3 is 5.69 Å². The highest BCUT2D eigenvalue weighted by atomic mass is 16.1. The van der Waals surface area contributed by atoms with Crippen LogP contribution in [0.3, 0.4) is 0 Å². The zero-order valence-electron chi connectivity index (χ0n) is 13.7. The molecule has 1 fully saturated rings. The molecule has 1 aromatic heterocycles. The van der Waals surface area contributed by atoms with Gasteiger partial charge < -0.3 is 4.98 Å². The van der Waals surface area contributed by atoms with Crippen LogP contribution >= 0.6 is 0 Å². The third-order valence-electron chi connectivity index (χ3n) is 4.63. The molecule has 0 aliphatic heterocycles. The number of nitrogens with zero attached hydrogens (tertiary/aromatic N) is 2. The van der Waals surface area contributed by atoms with Crippen molar-refractivity contribution in [3.8, 4) is 6.07 Å². The summed E-state index contributed by atoms with van der Waals surface area (Å²) in [6.07, 6.45) is 5.73. The number of para-hydroxylation sites is 1. The van der Waals surface area contributed by atoms with Crippen LogP contribution in [0.15, 0.2) is 23.0 Å². The first kappa shape index (κ1) is 16.4. The van der Waals surface area contributed by atoms with E-state index < -0.39 is 0 Å². The number of hydrogen-bond donors (Lipinski definition) is 1. The first-order valence-electron chi connectivity index (χ1n) is 8.38. The van der Waals surface area contributed by atoms with Crippen LogP contribution in [0.5, 0.6) is 0 Å². The summed E-state index contributed by atoms with van der Waals surface area (Å²) < 4.78 is 1.86. The average molecular weight is 299 g/mol. The van der Waals surface area contributed by atoms with Gasteiger partial charge in [0.05, 0.1) is 16.6 Å². The van der Waals surface area contributed by atoms with Crippen LogP contribution in [-0.4, -0.2) is 9.55 Å². The first-order chi connectivity index (χ1) is 10.7. The number of aromatic amines is 1. The summed E-state index contributed by atoms with van der Waals surface area (Å²) in [7, 11) is 0. The second-order valence-corrected chi connectivity index (χ2v) is 5.69. The molecule has 2 aromatic rings. The Kier molecular flexibility index (Phi) is 5.43. The fourth-order valence-corrected chi connectivity index (χ4v) is 3.42. The smallest absolute Gasteiger partial charge is 0.304 e. The Bertz CT molecular complexity index is 712. The summed E-state index contributed by atoms with van der Waals surface area (Å²) in [5.74, 6) is 0.807. The second-order valence-electron chi connectivity index (χ2n) is 5.69. The van der Waals surface area contributed by atoms with E-state index in [0.29, 0.717) is 11.1 Å². The molecule has 0 bridgehead atoms. The SMILES string of the molecule is CC.CCC1CCC(n2c(=O)[nH]c3c(C#N)cccc32)CC1. The van der Waals surface area contributed by atoms with E-state index in [1.165, 1.54) is 19.3 Å². The minimum atomic E-state index is -0.0809. The van der Waals surface area contributed by atoms with Crippen molar-refractivity contribution >= 4 is 11.0 Å². The third-order valence-corrected chi connectivity index (χ3v) is 4.63. The largest absolute Gasteiger partial charge is 0.326 e. The molecule has 1 N–H and O–H groups in total. The predicted molar refractivity (Wildman–Crippen MR) is 89.9 cm³/mol. The maximum atomic E-state index is 12.3. The van der Waals surface area contributed by atoms with Crippen molar-refractivity contribution in [1.29, 1.82) is 5.26 Å². The predicted octanol–water partition coefficient (Wildman–Crippen LogP) is 4.37. The number of imidazole rings is 1. The van der Waals surface area contributed by atoms with E-state index in [-0.39, 0.29) is 11.7 Å². The topological polar surface area (TPSA) is 61.6 Å². The molecular weight excluding hydrogens is 274 g/mol. The second kappa shape index (κ2) is 7.31. The van der Waals surface area contributed by atoms with Crippen molar-refractivity contribution in [2.24, 2.45) is 5.92 Å². The molecule has 0 radical (unpaired) electrons. The van der Waals surface area contributed by atoms with Crippen LogP contribution in [0.2, 0.25) is 0 Å². The zero-order valence-corrected chi connectivity index (χ0v) is 13.7. The number of benzene rings is 1. The van der Waals surface area contributed by atoms with E-state index >= 15 is 0 Å². The average Bonchev–Trinajstić information content (AvgIpc) is 2.92. The Hall–Kier alpha value is -2.02. The lowest BCUT2D eigenvalue weighted by Crippen LogP contribution is -2.26. The summed E-state index contributed by atoms with van der Waals surface area (Å²) in [5.41, 5.74) is 2.01. The summed E-state index contributed by atoms with van der Waals surface area (Å²) in [6, 6.07) is 7.94. The molecule has 22 heavy (non-hydrogen) atoms. The molecule has 1 saturated carbocycles. The normalized spacial score (nSPS) is 21.0. The van der Waals surface area contributed by atoms with Crippen molar-refractivity contribution in [1.82, 2.24) is 9.55 Å². The van der Waals surface area contributed by atoms with Crippen molar-refractivity contribution < 1.29 is 0 Å². The molecule has 3 rings (SSSR count). The molecule has 0 unspecified atom stereocenters. The van der Waals surface area contributed by atoms with Gasteiger partial charge in [0.1, 0.15) is 6.07 Å². The highest BCUT2D eigenvalue weighted by Gasteiger charge is 2.24. The van der Waals surface area contributed by atoms with Gasteiger partial charge in [-0.25, -0.2) is 4.79 Å². The van der Waals surface area contributed by atoms with Gasteiger partial charge in [0.25, 0.3) is 0 Å². The lowest BCUT2D eigenvalue weighted by atomic mass is 9.84. The Balaban J connectivity index is 0.000000847. The van der Waals surface area contributed by atoms with Gasteiger partial charge in [0.15, 0.2) is 0 Å². The van der Waals surface area contributed by atoms with Crippen molar-refractivity contribution in [2.45, 2.75) is 58.9 Å². The minimum Gasteiger partial charge on any atom is -0.304 e. The lowest BCUT2D eigenvalue weighted by Gasteiger charge is -2.28. The monoisotopic (exact) mass is 299 g/mol. The number of fused-ring (bicyclic) bond motifs is 1. The van der Waals surface area contributed by atoms with Crippen molar-refractivity contribution in [3.05, 3.63) is 34.2 Å². The first-order valence-corrected chi connectivity index (χ1v) is 8.38. The van der Waals surface area contributed by atoms with Crippen LogP contribution in [0.1, 0.15) is 64.5 Å². The number of hydrogen-bond acceptors (Lipinski definition) is 2. The lowest BCUT2D eigenvalue weighted by molar-refractivity contribution is 0.270. The molecule has 1 aliphatic rings. The standard InChI is InChI=1S/C16H19N3O.C2H6/c1-2-11-6-8-13(9-7-11)19-14-5-3-4-12(10-17)15(14)18-16(19)20;1-2/h3-5,11,13H,2,6-9H2,1H3,(H,18,20);1-2H3. The van der Waals surface area contributed by atoms with Crippen LogP contribution in [-0.2, 0) is 0 Å². The molecule has 1 aromatic carbocycles. The van der Waals surface area contributed by atoms with E-state index in [2.05, 4.69) is 18.0 Å². The van der Waals surface area contributed by atoms with Crippen LogP contribution in [0, 0.1) is 17.2 Å². The third kappa shape index (κ3) is 2.94. The quantitative estimate of drug-likeness (QED) is 0.895. The summed E-state index contributed by atoms with van der Waals surface area (Å²) >= 11 is 0. The van der Waals surface area contributed by atoms with E-state index in [4.69, 9.17) is 5.26 Å². The zero-order chi connectivity index (χ0) is 16.1. The Morgan fingerprint density at radius 2 is 1.95 bits per heavy atom. The van der Waals surface area contributed by atoms with Gasteiger partial charge in [-0.3, -0.25) is 4.57 Å². The van der Waals surface area contributed by atoms with E-state index in [1.807, 2.05) is 30.5 Å². The fraction of sp³-hybridized carbons (Fsp3) is 0.556. The maximum absolute atomic E-state index is 12.3. The molecule has 4 nitrogen and oxygen atoms in total. The van der Waals surface area contributed by atoms with Crippen LogP contribution in [0.4, 0.5) is 0 Å². The van der Waals surface area contributed by atoms with Gasteiger partial charge in [-0.05, 0) is 43.7 Å². The molecule has 0 saturated heterocycles. The minimum absolute atomic E-state index is 0.0809. The van der Waals surface area contributed by atoms with Crippen LogP contribution in [0.25, 0.3) is 11.0 Å². The maximum Gasteiger partial charge on any atom is 0.326 e. The van der Waals surface area contributed by atoms with Gasteiger partial charge in [0.2, 0.25) is 0 Å². The molecule has 0 amide bonds. The molecular formula is C18H25N3O. The van der Waals surface area contributed by atoms with Crippen LogP contribution < -0.4 is 5.69 Å². The molecule has 1 heterocycles. The van der Waals surface area contributed by atoms with E-state index in [9.17, 15) is 4.79 Å². The number of aromatic nitrogens is 2. The van der Waals surface area contributed by atoms with Gasteiger partial charge in [0, 0.05) is 6.04 Å². The summed E-state index contributed by atoms with van der Waals surface area (Å²) in [4.78, 5) is 15.1. The molecule has 4 heteroatoms. The van der Waals surface area contributed by atoms with Crippen molar-refractivity contribution in [3.63, 3.8) is 0 Å². The van der Waals surface area contributed by atoms with E-state index in [1.54, 1.807) is 6.07 Å². The Labute approximate surface area is 131 Å².